The lowest BCUT2D eigenvalue weighted by atomic mass is 10.1. The summed E-state index contributed by atoms with van der Waals surface area (Å²) in [7, 11) is -3.75. The van der Waals surface area contributed by atoms with Gasteiger partial charge in [0.05, 0.1) is 48.8 Å². The summed E-state index contributed by atoms with van der Waals surface area (Å²) in [5.74, 6) is 0.272. The fourth-order valence-electron chi connectivity index (χ4n) is 4.11. The van der Waals surface area contributed by atoms with Crippen LogP contribution in [0, 0.1) is 6.92 Å². The van der Waals surface area contributed by atoms with Crippen molar-refractivity contribution in [1.82, 2.24) is 29.4 Å². The highest BCUT2D eigenvalue weighted by atomic mass is 32.2. The van der Waals surface area contributed by atoms with Gasteiger partial charge in [-0.3, -0.25) is 9.58 Å². The number of aliphatic hydroxyl groups excluding tert-OH is 1. The van der Waals surface area contributed by atoms with Crippen LogP contribution in [-0.4, -0.2) is 83.7 Å². The van der Waals surface area contributed by atoms with Gasteiger partial charge in [0.15, 0.2) is 0 Å². The molecule has 1 aliphatic rings. The van der Waals surface area contributed by atoms with E-state index in [9.17, 15) is 13.5 Å². The molecule has 0 aliphatic carbocycles. The molecule has 37 heavy (non-hydrogen) atoms. The van der Waals surface area contributed by atoms with Gasteiger partial charge in [0.1, 0.15) is 11.5 Å². The van der Waals surface area contributed by atoms with Crippen molar-refractivity contribution in [3.05, 3.63) is 42.4 Å². The fraction of sp³-hybridized carbons (Fsp3) is 0.480. The number of ether oxygens (including phenoxy) is 1. The van der Waals surface area contributed by atoms with Gasteiger partial charge in [0, 0.05) is 43.5 Å². The van der Waals surface area contributed by atoms with E-state index in [-0.39, 0.29) is 17.3 Å². The number of hydrogen-bond acceptors (Lipinski definition) is 9. The van der Waals surface area contributed by atoms with Gasteiger partial charge in [-0.15, -0.1) is 0 Å². The maximum atomic E-state index is 12.8. The lowest BCUT2D eigenvalue weighted by Crippen LogP contribution is -2.38. The molecule has 0 radical (unpaired) electrons. The Kier molecular flexibility index (Phi) is 8.87. The first-order valence-corrected chi connectivity index (χ1v) is 14.0. The molecule has 3 heterocycles. The Morgan fingerprint density at radius 1 is 1.22 bits per heavy atom. The highest BCUT2D eigenvalue weighted by Gasteiger charge is 2.18. The molecule has 1 fully saturated rings. The predicted octanol–water partition coefficient (Wildman–Crippen LogP) is 1.67. The zero-order valence-electron chi connectivity index (χ0n) is 21.3. The molecular weight excluding hydrogens is 494 g/mol. The number of sulfonamides is 1. The average Bonchev–Trinajstić information content (AvgIpc) is 3.37. The third kappa shape index (κ3) is 6.90. The molecule has 1 aromatic carbocycles. The summed E-state index contributed by atoms with van der Waals surface area (Å²) in [6, 6.07) is 4.89. The van der Waals surface area contributed by atoms with E-state index in [0.717, 1.165) is 50.5 Å². The molecule has 200 valence electrons. The molecule has 2 aromatic heterocycles. The van der Waals surface area contributed by atoms with E-state index in [1.165, 1.54) is 0 Å². The molecule has 0 spiro atoms. The minimum Gasteiger partial charge on any atom is -0.393 e. The van der Waals surface area contributed by atoms with Crippen LogP contribution in [-0.2, 0) is 21.3 Å². The van der Waals surface area contributed by atoms with E-state index < -0.39 is 16.1 Å². The second-order valence-electron chi connectivity index (χ2n) is 9.16. The SMILES string of the molecule is CCC(O)CCNS(=O)(=O)c1ccc(C)c(-c2cnc(N)c(-c3cnn(CCN4CCOCC4)c3)n2)c1. The number of aliphatic hydroxyl groups is 1. The van der Waals surface area contributed by atoms with Gasteiger partial charge in [-0.2, -0.15) is 5.10 Å². The molecule has 12 heteroatoms. The third-order valence-corrected chi connectivity index (χ3v) is 7.95. The topological polar surface area (TPSA) is 148 Å². The van der Waals surface area contributed by atoms with Crippen molar-refractivity contribution < 1.29 is 18.3 Å². The van der Waals surface area contributed by atoms with Crippen LogP contribution in [0.2, 0.25) is 0 Å². The summed E-state index contributed by atoms with van der Waals surface area (Å²) in [5.41, 5.74) is 9.42. The Morgan fingerprint density at radius 2 is 2.00 bits per heavy atom. The maximum absolute atomic E-state index is 12.8. The second kappa shape index (κ2) is 12.1. The second-order valence-corrected chi connectivity index (χ2v) is 10.9. The van der Waals surface area contributed by atoms with E-state index in [1.54, 1.807) is 30.6 Å². The number of anilines is 1. The van der Waals surface area contributed by atoms with Gasteiger partial charge >= 0.3 is 0 Å². The minimum atomic E-state index is -3.75. The molecule has 1 saturated heterocycles. The van der Waals surface area contributed by atoms with E-state index in [0.29, 0.717) is 29.8 Å². The van der Waals surface area contributed by atoms with Crippen LogP contribution in [0.3, 0.4) is 0 Å². The smallest absolute Gasteiger partial charge is 0.240 e. The number of aromatic nitrogens is 4. The minimum absolute atomic E-state index is 0.121. The molecule has 1 unspecified atom stereocenters. The molecule has 1 atom stereocenters. The van der Waals surface area contributed by atoms with Gasteiger partial charge in [0.2, 0.25) is 10.0 Å². The van der Waals surface area contributed by atoms with Crippen LogP contribution in [0.4, 0.5) is 5.82 Å². The summed E-state index contributed by atoms with van der Waals surface area (Å²) in [6.45, 7) is 8.83. The van der Waals surface area contributed by atoms with Crippen LogP contribution in [0.25, 0.3) is 22.5 Å². The molecule has 0 bridgehead atoms. The average molecular weight is 530 g/mol. The first-order chi connectivity index (χ1) is 17.8. The van der Waals surface area contributed by atoms with Gasteiger partial charge in [0.25, 0.3) is 0 Å². The van der Waals surface area contributed by atoms with Gasteiger partial charge in [-0.25, -0.2) is 23.1 Å². The third-order valence-electron chi connectivity index (χ3n) is 6.49. The summed E-state index contributed by atoms with van der Waals surface area (Å²) in [6.07, 6.45) is 5.54. The monoisotopic (exact) mass is 529 g/mol. The van der Waals surface area contributed by atoms with Crippen molar-refractivity contribution in [2.45, 2.75) is 44.2 Å². The Morgan fingerprint density at radius 3 is 2.76 bits per heavy atom. The molecule has 1 aliphatic heterocycles. The molecule has 4 rings (SSSR count). The first-order valence-electron chi connectivity index (χ1n) is 12.5. The van der Waals surface area contributed by atoms with Crippen LogP contribution in [0.15, 0.2) is 41.7 Å². The molecule has 3 aromatic rings. The molecular formula is C25H35N7O4S. The van der Waals surface area contributed by atoms with Crippen molar-refractivity contribution in [2.75, 3.05) is 45.1 Å². The van der Waals surface area contributed by atoms with Crippen molar-refractivity contribution in [3.63, 3.8) is 0 Å². The Bertz CT molecular complexity index is 1310. The van der Waals surface area contributed by atoms with Crippen LogP contribution in [0.1, 0.15) is 25.3 Å². The Hall–Kier alpha value is -2.90. The molecule has 0 saturated carbocycles. The molecule has 0 amide bonds. The van der Waals surface area contributed by atoms with Crippen LogP contribution in [0.5, 0.6) is 0 Å². The first kappa shape index (κ1) is 27.1. The van der Waals surface area contributed by atoms with Crippen molar-refractivity contribution in [3.8, 4) is 22.5 Å². The Labute approximate surface area is 217 Å². The number of nitrogens with two attached hydrogens (primary N) is 1. The standard InChI is InChI=1S/C25H35N7O4S/c1-3-20(33)6-7-29-37(34,35)21-5-4-18(2)22(14-21)23-16-27-25(26)24(30-23)19-15-28-32(17-19)9-8-31-10-12-36-13-11-31/h4-5,14-17,20,29,33H,3,6-13H2,1-2H3,(H2,26,27). The zero-order valence-corrected chi connectivity index (χ0v) is 22.1. The Balaban J connectivity index is 1.53. The van der Waals surface area contributed by atoms with Crippen molar-refractivity contribution in [1.29, 1.82) is 0 Å². The number of morpholine rings is 1. The quantitative estimate of drug-likeness (QED) is 0.337. The van der Waals surface area contributed by atoms with E-state index in [2.05, 4.69) is 19.7 Å². The summed E-state index contributed by atoms with van der Waals surface area (Å²) >= 11 is 0. The number of benzene rings is 1. The highest BCUT2D eigenvalue weighted by Crippen LogP contribution is 2.29. The lowest BCUT2D eigenvalue weighted by molar-refractivity contribution is 0.0360. The summed E-state index contributed by atoms with van der Waals surface area (Å²) in [4.78, 5) is 11.5. The lowest BCUT2D eigenvalue weighted by Gasteiger charge is -2.26. The van der Waals surface area contributed by atoms with Gasteiger partial charge in [-0.05, 0) is 37.5 Å². The number of hydrogen-bond donors (Lipinski definition) is 3. The highest BCUT2D eigenvalue weighted by molar-refractivity contribution is 7.89. The maximum Gasteiger partial charge on any atom is 0.240 e. The molecule has 4 N–H and O–H groups in total. The number of nitrogen functional groups attached to an aromatic ring is 1. The fourth-order valence-corrected chi connectivity index (χ4v) is 5.18. The van der Waals surface area contributed by atoms with Gasteiger partial charge in [-0.1, -0.05) is 13.0 Å². The van der Waals surface area contributed by atoms with Crippen molar-refractivity contribution >= 4 is 15.8 Å². The predicted molar refractivity (Wildman–Crippen MR) is 141 cm³/mol. The number of nitrogens with one attached hydrogen (secondary N) is 1. The summed E-state index contributed by atoms with van der Waals surface area (Å²) in [5, 5.41) is 14.2. The van der Waals surface area contributed by atoms with Crippen LogP contribution >= 0.6 is 0 Å². The number of nitrogens with zero attached hydrogens (tertiary/aromatic N) is 5. The number of aryl methyl sites for hydroxylation is 1. The number of rotatable bonds is 11. The zero-order chi connectivity index (χ0) is 26.4. The normalized spacial score (nSPS) is 15.6. The van der Waals surface area contributed by atoms with Gasteiger partial charge < -0.3 is 15.6 Å². The summed E-state index contributed by atoms with van der Waals surface area (Å²) < 4.78 is 35.5. The van der Waals surface area contributed by atoms with E-state index >= 15 is 0 Å². The largest absolute Gasteiger partial charge is 0.393 e. The van der Waals surface area contributed by atoms with Crippen molar-refractivity contribution in [2.24, 2.45) is 0 Å². The van der Waals surface area contributed by atoms with E-state index in [4.69, 9.17) is 15.5 Å². The van der Waals surface area contributed by atoms with Crippen LogP contribution < -0.4 is 10.5 Å². The van der Waals surface area contributed by atoms with E-state index in [1.807, 2.05) is 24.7 Å². The molecule has 11 nitrogen and oxygen atoms in total.